The van der Waals surface area contributed by atoms with Crippen LogP contribution >= 0.6 is 0 Å². The first-order chi connectivity index (χ1) is 30.3. The zero-order chi connectivity index (χ0) is 40.3. The van der Waals surface area contributed by atoms with Crippen LogP contribution < -0.4 is 0 Å². The number of hydrogen-bond donors (Lipinski definition) is 0. The van der Waals surface area contributed by atoms with Gasteiger partial charge in [0, 0.05) is 32.8 Å². The molecule has 0 aliphatic heterocycles. The normalized spacial score (nSPS) is 11.6. The van der Waals surface area contributed by atoms with Gasteiger partial charge in [0.2, 0.25) is 0 Å². The lowest BCUT2D eigenvalue weighted by atomic mass is 9.91. The fraction of sp³-hybridized carbons (Fsp3) is 0. The van der Waals surface area contributed by atoms with E-state index in [0.717, 1.165) is 55.7 Å². The zero-order valence-corrected chi connectivity index (χ0v) is 33.2. The van der Waals surface area contributed by atoms with E-state index in [1.165, 1.54) is 54.5 Å². The third-order valence-electron chi connectivity index (χ3n) is 12.2. The van der Waals surface area contributed by atoms with Crippen molar-refractivity contribution < 1.29 is 0 Å². The molecule has 3 nitrogen and oxygen atoms in total. The first-order valence-electron chi connectivity index (χ1n) is 20.8. The number of benzene rings is 10. The van der Waals surface area contributed by atoms with E-state index < -0.39 is 0 Å². The summed E-state index contributed by atoms with van der Waals surface area (Å²) in [5.41, 5.74) is 13.1. The molecule has 0 bridgehead atoms. The summed E-state index contributed by atoms with van der Waals surface area (Å²) in [6.07, 6.45) is 0. The summed E-state index contributed by atoms with van der Waals surface area (Å²) < 4.78 is 2.45. The molecule has 0 saturated heterocycles. The van der Waals surface area contributed by atoms with Crippen molar-refractivity contribution in [3.63, 3.8) is 0 Å². The molecule has 0 atom stereocenters. The van der Waals surface area contributed by atoms with Gasteiger partial charge in [-0.05, 0) is 85.6 Å². The number of fused-ring (bicyclic) bond motifs is 6. The highest BCUT2D eigenvalue weighted by Gasteiger charge is 2.20. The van der Waals surface area contributed by atoms with Crippen molar-refractivity contribution in [2.45, 2.75) is 0 Å². The molecule has 61 heavy (non-hydrogen) atoms. The Hall–Kier alpha value is -8.14. The predicted molar refractivity (Wildman–Crippen MR) is 256 cm³/mol. The third-order valence-corrected chi connectivity index (χ3v) is 12.2. The Kier molecular flexibility index (Phi) is 8.17. The van der Waals surface area contributed by atoms with Crippen LogP contribution in [0.4, 0.5) is 0 Å². The van der Waals surface area contributed by atoms with E-state index in [9.17, 15) is 0 Å². The van der Waals surface area contributed by atoms with Crippen LogP contribution in [-0.2, 0) is 0 Å². The molecule has 0 amide bonds. The fourth-order valence-electron chi connectivity index (χ4n) is 9.40. The second-order valence-electron chi connectivity index (χ2n) is 15.7. The molecular formula is C58H37N3. The van der Waals surface area contributed by atoms with Crippen LogP contribution in [0.1, 0.15) is 0 Å². The number of hydrogen-bond acceptors (Lipinski definition) is 2. The predicted octanol–water partition coefficient (Wildman–Crippen LogP) is 15.4. The van der Waals surface area contributed by atoms with Gasteiger partial charge in [-0.2, -0.15) is 0 Å². The van der Waals surface area contributed by atoms with Crippen molar-refractivity contribution in [2.75, 3.05) is 0 Å². The molecule has 12 aromatic rings. The van der Waals surface area contributed by atoms with Crippen LogP contribution in [0.2, 0.25) is 0 Å². The average Bonchev–Trinajstić information content (AvgIpc) is 3.65. The quantitative estimate of drug-likeness (QED) is 0.168. The van der Waals surface area contributed by atoms with Gasteiger partial charge >= 0.3 is 0 Å². The maximum Gasteiger partial charge on any atom is 0.161 e. The van der Waals surface area contributed by atoms with Gasteiger partial charge in [-0.3, -0.25) is 0 Å². The first-order valence-corrected chi connectivity index (χ1v) is 20.8. The lowest BCUT2D eigenvalue weighted by Crippen LogP contribution is -1.98. The highest BCUT2D eigenvalue weighted by atomic mass is 15.0. The Balaban J connectivity index is 1.05. The second kappa shape index (κ2) is 14.3. The number of rotatable bonds is 6. The summed E-state index contributed by atoms with van der Waals surface area (Å²) in [6, 6.07) is 80.4. The summed E-state index contributed by atoms with van der Waals surface area (Å²) in [7, 11) is 0. The van der Waals surface area contributed by atoms with Crippen molar-refractivity contribution in [1.29, 1.82) is 0 Å². The Morgan fingerprint density at radius 3 is 1.52 bits per heavy atom. The van der Waals surface area contributed by atoms with Gasteiger partial charge < -0.3 is 4.57 Å². The molecule has 0 radical (unpaired) electrons. The molecule has 0 saturated carbocycles. The molecule has 0 fully saturated rings. The maximum atomic E-state index is 5.38. The summed E-state index contributed by atoms with van der Waals surface area (Å²) >= 11 is 0. The van der Waals surface area contributed by atoms with E-state index in [0.29, 0.717) is 5.82 Å². The van der Waals surface area contributed by atoms with E-state index in [-0.39, 0.29) is 0 Å². The van der Waals surface area contributed by atoms with Gasteiger partial charge in [0.25, 0.3) is 0 Å². The summed E-state index contributed by atoms with van der Waals surface area (Å²) in [5.74, 6) is 0.695. The van der Waals surface area contributed by atoms with E-state index in [1.807, 2.05) is 6.07 Å². The van der Waals surface area contributed by atoms with Crippen molar-refractivity contribution >= 4 is 54.1 Å². The molecule has 0 aliphatic carbocycles. The van der Waals surface area contributed by atoms with E-state index in [4.69, 9.17) is 9.97 Å². The molecule has 284 valence electrons. The van der Waals surface area contributed by atoms with Crippen molar-refractivity contribution in [1.82, 2.24) is 14.5 Å². The fourth-order valence-corrected chi connectivity index (χ4v) is 9.40. The molecule has 0 N–H and O–H groups in total. The number of aromatic nitrogens is 3. The minimum Gasteiger partial charge on any atom is -0.309 e. The summed E-state index contributed by atoms with van der Waals surface area (Å²) in [6.45, 7) is 0. The third kappa shape index (κ3) is 5.82. The lowest BCUT2D eigenvalue weighted by Gasteiger charge is -2.17. The Labute approximate surface area is 353 Å². The van der Waals surface area contributed by atoms with Gasteiger partial charge in [0.05, 0.1) is 28.1 Å². The van der Waals surface area contributed by atoms with Gasteiger partial charge in [-0.25, -0.2) is 9.97 Å². The first kappa shape index (κ1) is 34.9. The van der Waals surface area contributed by atoms with Crippen LogP contribution in [0.3, 0.4) is 0 Å². The number of nitrogens with zero attached hydrogens (tertiary/aromatic N) is 3. The van der Waals surface area contributed by atoms with Gasteiger partial charge in [-0.15, -0.1) is 0 Å². The molecule has 0 spiro atoms. The Morgan fingerprint density at radius 1 is 0.279 bits per heavy atom. The van der Waals surface area contributed by atoms with Crippen molar-refractivity contribution in [2.24, 2.45) is 0 Å². The molecule has 12 rings (SSSR count). The molecule has 10 aromatic carbocycles. The molecule has 0 aliphatic rings. The van der Waals surface area contributed by atoms with Crippen LogP contribution in [0, 0.1) is 0 Å². The van der Waals surface area contributed by atoms with E-state index >= 15 is 0 Å². The monoisotopic (exact) mass is 775 g/mol. The smallest absolute Gasteiger partial charge is 0.161 e. The van der Waals surface area contributed by atoms with Gasteiger partial charge in [0.15, 0.2) is 5.82 Å². The molecular weight excluding hydrogens is 739 g/mol. The SMILES string of the molecule is c1ccc(-c2cc(-c3ccccc3-c3ccccc3)nc(-c3ccc(-c4ccc(-n5c6ccccc6c6cc7ccccc7cc65)c5ccccc45)c4ccccc34)n2)cc1. The second-order valence-corrected chi connectivity index (χ2v) is 15.7. The number of para-hydroxylation sites is 1. The molecule has 3 heteroatoms. The largest absolute Gasteiger partial charge is 0.309 e. The lowest BCUT2D eigenvalue weighted by molar-refractivity contribution is 1.19. The van der Waals surface area contributed by atoms with Crippen LogP contribution in [0.25, 0.3) is 116 Å². The van der Waals surface area contributed by atoms with Crippen LogP contribution in [0.15, 0.2) is 224 Å². The molecule has 2 aromatic heterocycles. The minimum atomic E-state index is 0.695. The van der Waals surface area contributed by atoms with Crippen LogP contribution in [0.5, 0.6) is 0 Å². The highest BCUT2D eigenvalue weighted by molar-refractivity contribution is 6.16. The van der Waals surface area contributed by atoms with Gasteiger partial charge in [0.1, 0.15) is 0 Å². The zero-order valence-electron chi connectivity index (χ0n) is 33.2. The topological polar surface area (TPSA) is 30.7 Å². The standard InChI is InChI=1S/C58H37N3/c1-3-17-38(18-4-1)42-23-9-13-27-48(42)54-37-53(39-19-5-2-6-20-39)59-58(60-54)51-32-31-46(43-24-10-11-26-45(43)51)47-33-34-56(49-28-14-12-25-44(47)49)61-55-30-16-15-29-50(55)52-35-40-21-7-8-22-41(40)36-57(52)61/h1-37H. The Bertz CT molecular complexity index is 3640. The molecule has 0 unspecified atom stereocenters. The van der Waals surface area contributed by atoms with Gasteiger partial charge in [-0.1, -0.05) is 188 Å². The summed E-state index contributed by atoms with van der Waals surface area (Å²) in [4.78, 5) is 10.7. The maximum absolute atomic E-state index is 5.38. The Morgan fingerprint density at radius 2 is 0.787 bits per heavy atom. The van der Waals surface area contributed by atoms with E-state index in [1.54, 1.807) is 0 Å². The van der Waals surface area contributed by atoms with Crippen LogP contribution in [-0.4, -0.2) is 14.5 Å². The van der Waals surface area contributed by atoms with Crippen molar-refractivity contribution in [3.8, 4) is 61.8 Å². The molecule has 2 heterocycles. The van der Waals surface area contributed by atoms with Crippen molar-refractivity contribution in [3.05, 3.63) is 224 Å². The minimum absolute atomic E-state index is 0.695. The summed E-state index contributed by atoms with van der Waals surface area (Å²) in [5, 5.41) is 9.65. The highest BCUT2D eigenvalue weighted by Crippen LogP contribution is 2.43. The average molecular weight is 776 g/mol. The van der Waals surface area contributed by atoms with E-state index in [2.05, 4.69) is 223 Å².